The van der Waals surface area contributed by atoms with E-state index in [1.54, 1.807) is 0 Å². The lowest BCUT2D eigenvalue weighted by Crippen LogP contribution is -2.50. The summed E-state index contributed by atoms with van der Waals surface area (Å²) in [4.78, 5) is 16.1. The van der Waals surface area contributed by atoms with Crippen LogP contribution < -0.4 is 5.32 Å². The number of hydrogen-bond donors (Lipinski definition) is 1. The lowest BCUT2D eigenvalue weighted by Gasteiger charge is -2.37. The normalized spacial score (nSPS) is 20.3. The Balaban J connectivity index is 1.54. The van der Waals surface area contributed by atoms with Crippen LogP contribution >= 0.6 is 15.9 Å². The molecule has 0 radical (unpaired) electrons. The highest BCUT2D eigenvalue weighted by molar-refractivity contribution is 9.10. The van der Waals surface area contributed by atoms with Crippen molar-refractivity contribution in [2.75, 3.05) is 32.8 Å². The fraction of sp³-hybridized carbons (Fsp3) is 0.458. The number of carbonyl (C=O) groups excluding carboxylic acids is 1. The van der Waals surface area contributed by atoms with E-state index in [0.717, 1.165) is 36.0 Å². The maximum Gasteiger partial charge on any atom is 0.230 e. The van der Waals surface area contributed by atoms with Gasteiger partial charge in [0.25, 0.3) is 0 Å². The highest BCUT2D eigenvalue weighted by atomic mass is 79.9. The van der Waals surface area contributed by atoms with Gasteiger partial charge in [-0.3, -0.25) is 9.69 Å². The number of amides is 1. The summed E-state index contributed by atoms with van der Waals surface area (Å²) in [5, 5.41) is 3.33. The second kappa shape index (κ2) is 9.41. The van der Waals surface area contributed by atoms with Crippen LogP contribution in [0.5, 0.6) is 0 Å². The third-order valence-electron chi connectivity index (χ3n) is 6.40. The average molecular weight is 457 g/mol. The fourth-order valence-corrected chi connectivity index (χ4v) is 4.94. The summed E-state index contributed by atoms with van der Waals surface area (Å²) in [5.74, 6) is 0.128. The molecule has 5 heteroatoms. The van der Waals surface area contributed by atoms with Gasteiger partial charge in [-0.2, -0.15) is 0 Å². The van der Waals surface area contributed by atoms with E-state index >= 15 is 0 Å². The molecule has 2 saturated heterocycles. The minimum atomic E-state index is -0.509. The van der Waals surface area contributed by atoms with Gasteiger partial charge in [0.15, 0.2) is 0 Å². The molecule has 2 heterocycles. The van der Waals surface area contributed by atoms with Crippen LogP contribution in [0.4, 0.5) is 0 Å². The predicted molar refractivity (Wildman–Crippen MR) is 119 cm³/mol. The minimum Gasteiger partial charge on any atom is -0.381 e. The number of likely N-dealkylation sites (tertiary alicyclic amines) is 1. The molecule has 0 saturated carbocycles. The second-order valence-corrected chi connectivity index (χ2v) is 9.00. The Hall–Kier alpha value is -1.69. The topological polar surface area (TPSA) is 41.6 Å². The molecule has 2 aromatic rings. The van der Waals surface area contributed by atoms with Crippen LogP contribution in [0.2, 0.25) is 0 Å². The van der Waals surface area contributed by atoms with Crippen molar-refractivity contribution in [3.8, 4) is 0 Å². The van der Waals surface area contributed by atoms with Crippen molar-refractivity contribution in [3.63, 3.8) is 0 Å². The van der Waals surface area contributed by atoms with Gasteiger partial charge in [0.1, 0.15) is 0 Å². The molecule has 1 unspecified atom stereocenters. The van der Waals surface area contributed by atoms with Crippen molar-refractivity contribution < 1.29 is 9.53 Å². The van der Waals surface area contributed by atoms with Crippen molar-refractivity contribution in [2.45, 2.75) is 37.1 Å². The number of rotatable bonds is 6. The maximum atomic E-state index is 13.6. The van der Waals surface area contributed by atoms with Crippen molar-refractivity contribution in [3.05, 3.63) is 70.2 Å². The first-order chi connectivity index (χ1) is 14.2. The molecule has 4 nitrogen and oxygen atoms in total. The van der Waals surface area contributed by atoms with Gasteiger partial charge in [-0.1, -0.05) is 58.4 Å². The van der Waals surface area contributed by atoms with Crippen LogP contribution in [0.1, 0.15) is 42.9 Å². The van der Waals surface area contributed by atoms with Crippen LogP contribution in [-0.4, -0.2) is 43.7 Å². The summed E-state index contributed by atoms with van der Waals surface area (Å²) >= 11 is 3.51. The van der Waals surface area contributed by atoms with E-state index in [2.05, 4.69) is 62.5 Å². The van der Waals surface area contributed by atoms with Crippen molar-refractivity contribution >= 4 is 21.8 Å². The lowest BCUT2D eigenvalue weighted by molar-refractivity contribution is -0.130. The molecule has 0 spiro atoms. The van der Waals surface area contributed by atoms with E-state index in [4.69, 9.17) is 4.74 Å². The van der Waals surface area contributed by atoms with Gasteiger partial charge in [0.2, 0.25) is 5.91 Å². The number of hydrogen-bond acceptors (Lipinski definition) is 3. The van der Waals surface area contributed by atoms with Crippen LogP contribution in [0.15, 0.2) is 59.1 Å². The Morgan fingerprint density at radius 1 is 1.03 bits per heavy atom. The predicted octanol–water partition coefficient (Wildman–Crippen LogP) is 4.45. The Bertz CT molecular complexity index is 797. The zero-order valence-electron chi connectivity index (χ0n) is 16.8. The smallest absolute Gasteiger partial charge is 0.230 e. The van der Waals surface area contributed by atoms with Crippen LogP contribution in [0.3, 0.4) is 0 Å². The van der Waals surface area contributed by atoms with E-state index in [1.165, 1.54) is 18.4 Å². The molecule has 0 bridgehead atoms. The molecule has 2 aliphatic rings. The molecule has 1 N–H and O–H groups in total. The van der Waals surface area contributed by atoms with Gasteiger partial charge >= 0.3 is 0 Å². The molecule has 2 aliphatic heterocycles. The van der Waals surface area contributed by atoms with Crippen LogP contribution in [-0.2, 0) is 14.9 Å². The summed E-state index contributed by atoms with van der Waals surface area (Å²) in [6, 6.07) is 19.0. The quantitative estimate of drug-likeness (QED) is 0.697. The SMILES string of the molecule is O=C(NCC(c1ccccc1)N1CCCC1)C1(c2ccc(Br)cc2)CCOCC1. The summed E-state index contributed by atoms with van der Waals surface area (Å²) in [6.45, 7) is 4.08. The van der Waals surface area contributed by atoms with Gasteiger partial charge in [0, 0.05) is 24.2 Å². The molecule has 29 heavy (non-hydrogen) atoms. The van der Waals surface area contributed by atoms with Gasteiger partial charge in [-0.25, -0.2) is 0 Å². The van der Waals surface area contributed by atoms with Crippen molar-refractivity contribution in [1.29, 1.82) is 0 Å². The largest absolute Gasteiger partial charge is 0.381 e. The van der Waals surface area contributed by atoms with E-state index < -0.39 is 5.41 Å². The molecule has 0 aromatic heterocycles. The molecule has 1 atom stereocenters. The minimum absolute atomic E-state index is 0.128. The number of nitrogens with one attached hydrogen (secondary N) is 1. The summed E-state index contributed by atoms with van der Waals surface area (Å²) in [7, 11) is 0. The van der Waals surface area contributed by atoms with Crippen molar-refractivity contribution in [2.24, 2.45) is 0 Å². The Labute approximate surface area is 181 Å². The summed E-state index contributed by atoms with van der Waals surface area (Å²) in [6.07, 6.45) is 3.91. The number of ether oxygens (including phenoxy) is 1. The average Bonchev–Trinajstić information content (AvgIpc) is 3.30. The number of halogens is 1. The first kappa shape index (κ1) is 20.6. The first-order valence-electron chi connectivity index (χ1n) is 10.6. The monoisotopic (exact) mass is 456 g/mol. The van der Waals surface area contributed by atoms with E-state index in [9.17, 15) is 4.79 Å². The molecule has 2 fully saturated rings. The lowest BCUT2D eigenvalue weighted by atomic mass is 9.73. The van der Waals surface area contributed by atoms with Gasteiger partial charge < -0.3 is 10.1 Å². The zero-order chi connectivity index (χ0) is 20.1. The fourth-order valence-electron chi connectivity index (χ4n) is 4.68. The number of benzene rings is 2. The second-order valence-electron chi connectivity index (χ2n) is 8.08. The van der Waals surface area contributed by atoms with Gasteiger partial charge in [-0.05, 0) is 62.0 Å². The highest BCUT2D eigenvalue weighted by Gasteiger charge is 2.42. The maximum absolute atomic E-state index is 13.6. The van der Waals surface area contributed by atoms with Gasteiger partial charge in [0.05, 0.1) is 11.5 Å². The standard InChI is InChI=1S/C24H29BrN2O2/c25-21-10-8-20(9-11-21)24(12-16-29-17-13-24)23(28)26-18-22(27-14-4-5-15-27)19-6-2-1-3-7-19/h1-3,6-11,22H,4-5,12-18H2,(H,26,28). The van der Waals surface area contributed by atoms with Crippen LogP contribution in [0.25, 0.3) is 0 Å². The summed E-state index contributed by atoms with van der Waals surface area (Å²) < 4.78 is 6.63. The summed E-state index contributed by atoms with van der Waals surface area (Å²) in [5.41, 5.74) is 1.85. The molecule has 0 aliphatic carbocycles. The molecule has 154 valence electrons. The van der Waals surface area contributed by atoms with Crippen LogP contribution in [0, 0.1) is 0 Å². The molecule has 1 amide bonds. The number of nitrogens with zero attached hydrogens (tertiary/aromatic N) is 1. The van der Waals surface area contributed by atoms with Gasteiger partial charge in [-0.15, -0.1) is 0 Å². The molecular formula is C24H29BrN2O2. The highest BCUT2D eigenvalue weighted by Crippen LogP contribution is 2.36. The Morgan fingerprint density at radius 3 is 2.34 bits per heavy atom. The van der Waals surface area contributed by atoms with E-state index in [0.29, 0.717) is 19.8 Å². The third kappa shape index (κ3) is 4.57. The van der Waals surface area contributed by atoms with E-state index in [1.807, 2.05) is 18.2 Å². The first-order valence-corrected chi connectivity index (χ1v) is 11.4. The Morgan fingerprint density at radius 2 is 1.69 bits per heavy atom. The van der Waals surface area contributed by atoms with Crippen molar-refractivity contribution in [1.82, 2.24) is 10.2 Å². The molecule has 2 aromatic carbocycles. The molecular weight excluding hydrogens is 428 g/mol. The van der Waals surface area contributed by atoms with E-state index in [-0.39, 0.29) is 11.9 Å². The Kier molecular flexibility index (Phi) is 6.68. The molecule has 4 rings (SSSR count). The zero-order valence-corrected chi connectivity index (χ0v) is 18.4. The third-order valence-corrected chi connectivity index (χ3v) is 6.93. The number of carbonyl (C=O) groups is 1.